The minimum absolute atomic E-state index is 0.282. The van der Waals surface area contributed by atoms with Crippen LogP contribution in [0.1, 0.15) is 12.8 Å². The van der Waals surface area contributed by atoms with E-state index in [4.69, 9.17) is 4.74 Å². The Balaban J connectivity index is 2.09. The summed E-state index contributed by atoms with van der Waals surface area (Å²) in [5.74, 6) is 0.304. The van der Waals surface area contributed by atoms with Gasteiger partial charge in [-0.25, -0.2) is 0 Å². The molecule has 108 valence electrons. The van der Waals surface area contributed by atoms with Crippen molar-refractivity contribution in [2.45, 2.75) is 12.8 Å². The molecule has 1 N–H and O–H groups in total. The van der Waals surface area contributed by atoms with E-state index in [1.165, 1.54) is 12.1 Å². The van der Waals surface area contributed by atoms with Gasteiger partial charge >= 0.3 is 0 Å². The van der Waals surface area contributed by atoms with E-state index in [-0.39, 0.29) is 11.4 Å². The number of benzene rings is 1. The molecule has 1 aliphatic heterocycles. The van der Waals surface area contributed by atoms with E-state index in [2.05, 4.69) is 5.32 Å². The van der Waals surface area contributed by atoms with Gasteiger partial charge in [-0.2, -0.15) is 0 Å². The van der Waals surface area contributed by atoms with Crippen LogP contribution in [0, 0.1) is 26.1 Å². The van der Waals surface area contributed by atoms with E-state index in [1.807, 2.05) is 0 Å². The fourth-order valence-corrected chi connectivity index (χ4v) is 2.16. The number of rotatable bonds is 5. The highest BCUT2D eigenvalue weighted by molar-refractivity contribution is 5.65. The normalized spacial score (nSPS) is 18.5. The molecule has 8 nitrogen and oxygen atoms in total. The van der Waals surface area contributed by atoms with E-state index < -0.39 is 9.85 Å². The van der Waals surface area contributed by atoms with Gasteiger partial charge in [-0.15, -0.1) is 0 Å². The second-order valence-electron chi connectivity index (χ2n) is 4.68. The lowest BCUT2D eigenvalue weighted by molar-refractivity contribution is -0.393. The largest absolute Gasteiger partial charge is 0.381 e. The van der Waals surface area contributed by atoms with Gasteiger partial charge in [0.1, 0.15) is 5.69 Å². The number of anilines is 1. The lowest BCUT2D eigenvalue weighted by Gasteiger charge is -2.22. The van der Waals surface area contributed by atoms with Crippen molar-refractivity contribution in [3.63, 3.8) is 0 Å². The molecule has 0 aromatic heterocycles. The lowest BCUT2D eigenvalue weighted by Crippen LogP contribution is -2.24. The van der Waals surface area contributed by atoms with Crippen LogP contribution in [0.3, 0.4) is 0 Å². The van der Waals surface area contributed by atoms with Crippen LogP contribution in [0.4, 0.5) is 17.1 Å². The van der Waals surface area contributed by atoms with Crippen LogP contribution in [-0.4, -0.2) is 29.6 Å². The van der Waals surface area contributed by atoms with Crippen molar-refractivity contribution in [3.05, 3.63) is 38.4 Å². The van der Waals surface area contributed by atoms with Crippen LogP contribution in [0.15, 0.2) is 18.2 Å². The minimum atomic E-state index is -0.647. The maximum atomic E-state index is 11.0. The highest BCUT2D eigenvalue weighted by atomic mass is 16.6. The quantitative estimate of drug-likeness (QED) is 0.655. The van der Waals surface area contributed by atoms with Crippen molar-refractivity contribution in [1.82, 2.24) is 0 Å². The Kier molecular flexibility index (Phi) is 4.46. The van der Waals surface area contributed by atoms with Crippen molar-refractivity contribution >= 4 is 17.1 Å². The highest BCUT2D eigenvalue weighted by Crippen LogP contribution is 2.29. The topological polar surface area (TPSA) is 108 Å². The van der Waals surface area contributed by atoms with Gasteiger partial charge in [0, 0.05) is 19.2 Å². The summed E-state index contributed by atoms with van der Waals surface area (Å²) < 4.78 is 5.34. The average molecular weight is 281 g/mol. The van der Waals surface area contributed by atoms with Crippen molar-refractivity contribution in [2.75, 3.05) is 25.1 Å². The third-order valence-electron chi connectivity index (χ3n) is 3.22. The van der Waals surface area contributed by atoms with Gasteiger partial charge in [0.2, 0.25) is 0 Å². The first-order chi connectivity index (χ1) is 9.58. The molecule has 2 rings (SSSR count). The van der Waals surface area contributed by atoms with E-state index in [0.29, 0.717) is 24.8 Å². The SMILES string of the molecule is O=[N+]([O-])c1ccc(NCC2CCCOC2)c([N+](=O)[O-])c1. The molecule has 1 atom stereocenters. The molecular weight excluding hydrogens is 266 g/mol. The maximum absolute atomic E-state index is 11.0. The van der Waals surface area contributed by atoms with Gasteiger partial charge in [0.25, 0.3) is 11.4 Å². The number of nitro benzene ring substituents is 2. The average Bonchev–Trinajstić information content (AvgIpc) is 2.45. The van der Waals surface area contributed by atoms with E-state index in [1.54, 1.807) is 0 Å². The smallest absolute Gasteiger partial charge is 0.299 e. The summed E-state index contributed by atoms with van der Waals surface area (Å²) in [6, 6.07) is 3.60. The van der Waals surface area contributed by atoms with Gasteiger partial charge in [0.15, 0.2) is 0 Å². The molecule has 1 aliphatic rings. The van der Waals surface area contributed by atoms with Gasteiger partial charge in [-0.05, 0) is 24.8 Å². The number of nitrogens with zero attached hydrogens (tertiary/aromatic N) is 2. The molecule has 1 unspecified atom stereocenters. The standard InChI is InChI=1S/C12H15N3O5/c16-14(17)10-3-4-11(12(6-10)15(18)19)13-7-9-2-1-5-20-8-9/h3-4,6,9,13H,1-2,5,7-8H2. The Hall–Kier alpha value is -2.22. The number of ether oxygens (including phenoxy) is 1. The zero-order chi connectivity index (χ0) is 14.5. The van der Waals surface area contributed by atoms with Gasteiger partial charge in [0.05, 0.1) is 22.5 Å². The monoisotopic (exact) mass is 281 g/mol. The second-order valence-corrected chi connectivity index (χ2v) is 4.68. The van der Waals surface area contributed by atoms with Crippen LogP contribution in [-0.2, 0) is 4.74 Å². The van der Waals surface area contributed by atoms with E-state index >= 15 is 0 Å². The Morgan fingerprint density at radius 3 is 2.70 bits per heavy atom. The van der Waals surface area contributed by atoms with Crippen LogP contribution < -0.4 is 5.32 Å². The molecule has 1 aromatic rings. The van der Waals surface area contributed by atoms with Crippen molar-refractivity contribution in [2.24, 2.45) is 5.92 Å². The predicted octanol–water partition coefficient (Wildman–Crippen LogP) is 2.34. The molecule has 0 bridgehead atoms. The summed E-state index contributed by atoms with van der Waals surface area (Å²) in [4.78, 5) is 20.3. The Bertz CT molecular complexity index is 514. The van der Waals surface area contributed by atoms with Crippen molar-refractivity contribution in [1.29, 1.82) is 0 Å². The van der Waals surface area contributed by atoms with Gasteiger partial charge < -0.3 is 10.1 Å². The zero-order valence-electron chi connectivity index (χ0n) is 10.8. The fourth-order valence-electron chi connectivity index (χ4n) is 2.16. The molecule has 1 heterocycles. The molecule has 8 heteroatoms. The summed E-state index contributed by atoms with van der Waals surface area (Å²) in [5, 5.41) is 24.6. The number of hydrogen-bond donors (Lipinski definition) is 1. The lowest BCUT2D eigenvalue weighted by atomic mass is 10.0. The summed E-state index contributed by atoms with van der Waals surface area (Å²) in [6.45, 7) is 1.95. The first kappa shape index (κ1) is 14.2. The summed E-state index contributed by atoms with van der Waals surface area (Å²) in [6.07, 6.45) is 1.99. The molecule has 0 spiro atoms. The second kappa shape index (κ2) is 6.29. The molecule has 1 fully saturated rings. The third kappa shape index (κ3) is 3.41. The van der Waals surface area contributed by atoms with E-state index in [0.717, 1.165) is 25.5 Å². The number of nitrogens with one attached hydrogen (secondary N) is 1. The molecule has 1 aromatic carbocycles. The van der Waals surface area contributed by atoms with Crippen molar-refractivity contribution in [3.8, 4) is 0 Å². The van der Waals surface area contributed by atoms with E-state index in [9.17, 15) is 20.2 Å². The first-order valence-electron chi connectivity index (χ1n) is 6.32. The first-order valence-corrected chi connectivity index (χ1v) is 6.32. The predicted molar refractivity (Wildman–Crippen MR) is 71.8 cm³/mol. The summed E-state index contributed by atoms with van der Waals surface area (Å²) in [5.41, 5.74) is -0.273. The summed E-state index contributed by atoms with van der Waals surface area (Å²) in [7, 11) is 0. The third-order valence-corrected chi connectivity index (χ3v) is 3.22. The van der Waals surface area contributed by atoms with Crippen LogP contribution in [0.25, 0.3) is 0 Å². The Labute approximate surface area is 115 Å². The molecule has 0 saturated carbocycles. The number of hydrogen-bond acceptors (Lipinski definition) is 6. The molecule has 0 radical (unpaired) electrons. The fraction of sp³-hybridized carbons (Fsp3) is 0.500. The number of nitro groups is 2. The highest BCUT2D eigenvalue weighted by Gasteiger charge is 2.20. The maximum Gasteiger partial charge on any atom is 0.299 e. The summed E-state index contributed by atoms with van der Waals surface area (Å²) >= 11 is 0. The van der Waals surface area contributed by atoms with Gasteiger partial charge in [-0.3, -0.25) is 20.2 Å². The van der Waals surface area contributed by atoms with Crippen LogP contribution in [0.5, 0.6) is 0 Å². The zero-order valence-corrected chi connectivity index (χ0v) is 10.8. The molecule has 0 amide bonds. The van der Waals surface area contributed by atoms with Crippen LogP contribution in [0.2, 0.25) is 0 Å². The van der Waals surface area contributed by atoms with Gasteiger partial charge in [-0.1, -0.05) is 0 Å². The Morgan fingerprint density at radius 2 is 2.10 bits per heavy atom. The molecule has 1 saturated heterocycles. The number of non-ortho nitro benzene ring substituents is 1. The molecular formula is C12H15N3O5. The molecule has 0 aliphatic carbocycles. The van der Waals surface area contributed by atoms with Crippen molar-refractivity contribution < 1.29 is 14.6 Å². The Morgan fingerprint density at radius 1 is 1.30 bits per heavy atom. The molecule has 20 heavy (non-hydrogen) atoms. The minimum Gasteiger partial charge on any atom is -0.381 e. The van der Waals surface area contributed by atoms with Crippen LogP contribution >= 0.6 is 0 Å².